The molecule has 0 radical (unpaired) electrons. The molecule has 1 aliphatic heterocycles. The van der Waals surface area contributed by atoms with E-state index < -0.39 is 5.79 Å². The fraction of sp³-hybridized carbons (Fsp3) is 0.235. The largest absolute Gasteiger partial charge is 0.453 e. The van der Waals surface area contributed by atoms with Gasteiger partial charge in [-0.2, -0.15) is 0 Å². The predicted octanol–water partition coefficient (Wildman–Crippen LogP) is 4.06. The van der Waals surface area contributed by atoms with Crippen molar-refractivity contribution in [2.75, 3.05) is 7.11 Å². The van der Waals surface area contributed by atoms with Crippen LogP contribution in [0.15, 0.2) is 48.5 Å². The fourth-order valence-corrected chi connectivity index (χ4v) is 2.87. The normalized spacial score (nSPS) is 23.5. The summed E-state index contributed by atoms with van der Waals surface area (Å²) in [4.78, 5) is 12.9. The molecule has 0 fully saturated rings. The number of halogens is 1. The van der Waals surface area contributed by atoms with Gasteiger partial charge in [0, 0.05) is 23.3 Å². The highest BCUT2D eigenvalue weighted by Crippen LogP contribution is 2.46. The number of hydrogen-bond acceptors (Lipinski definition) is 3. The van der Waals surface area contributed by atoms with Gasteiger partial charge in [-0.25, -0.2) is 0 Å². The second-order valence-electron chi connectivity index (χ2n) is 5.07. The molecule has 1 heterocycles. The minimum atomic E-state index is -1.32. The number of para-hydroxylation sites is 1. The SMILES string of the molecule is COC1(C(=O)c2ccc(Cl)cc2)Oc2ccccc2C1C. The monoisotopic (exact) mass is 302 g/mol. The van der Waals surface area contributed by atoms with Crippen molar-refractivity contribution in [3.63, 3.8) is 0 Å². The van der Waals surface area contributed by atoms with E-state index in [1.54, 1.807) is 24.3 Å². The number of hydrogen-bond donors (Lipinski definition) is 0. The summed E-state index contributed by atoms with van der Waals surface area (Å²) in [5.41, 5.74) is 1.49. The lowest BCUT2D eigenvalue weighted by Crippen LogP contribution is -2.47. The second-order valence-corrected chi connectivity index (χ2v) is 5.51. The van der Waals surface area contributed by atoms with Gasteiger partial charge in [0.05, 0.1) is 5.92 Å². The average Bonchev–Trinajstić information content (AvgIpc) is 2.81. The van der Waals surface area contributed by atoms with E-state index in [2.05, 4.69) is 0 Å². The van der Waals surface area contributed by atoms with Gasteiger partial charge in [-0.15, -0.1) is 0 Å². The average molecular weight is 303 g/mol. The van der Waals surface area contributed by atoms with Crippen LogP contribution in [0.1, 0.15) is 28.8 Å². The van der Waals surface area contributed by atoms with Crippen molar-refractivity contribution in [2.24, 2.45) is 0 Å². The Morgan fingerprint density at radius 2 is 1.86 bits per heavy atom. The number of ketones is 1. The van der Waals surface area contributed by atoms with Crippen LogP contribution in [0.5, 0.6) is 5.75 Å². The van der Waals surface area contributed by atoms with Crippen LogP contribution >= 0.6 is 11.6 Å². The van der Waals surface area contributed by atoms with E-state index in [9.17, 15) is 4.79 Å². The lowest BCUT2D eigenvalue weighted by Gasteiger charge is -2.29. The Morgan fingerprint density at radius 3 is 2.48 bits per heavy atom. The molecular formula is C17H15ClO3. The number of methoxy groups -OCH3 is 1. The fourth-order valence-electron chi connectivity index (χ4n) is 2.74. The van der Waals surface area contributed by atoms with Gasteiger partial charge in [0.25, 0.3) is 5.79 Å². The van der Waals surface area contributed by atoms with Crippen LogP contribution in [0.25, 0.3) is 0 Å². The first-order valence-electron chi connectivity index (χ1n) is 6.72. The summed E-state index contributed by atoms with van der Waals surface area (Å²) >= 11 is 5.87. The molecular weight excluding hydrogens is 288 g/mol. The number of rotatable bonds is 3. The molecule has 0 aromatic heterocycles. The molecule has 2 aromatic carbocycles. The molecule has 2 aromatic rings. The Morgan fingerprint density at radius 1 is 1.19 bits per heavy atom. The first-order valence-corrected chi connectivity index (χ1v) is 7.10. The van der Waals surface area contributed by atoms with E-state index in [0.29, 0.717) is 16.3 Å². The molecule has 2 atom stereocenters. The van der Waals surface area contributed by atoms with Gasteiger partial charge in [0.2, 0.25) is 5.78 Å². The van der Waals surface area contributed by atoms with Gasteiger partial charge < -0.3 is 9.47 Å². The summed E-state index contributed by atoms with van der Waals surface area (Å²) in [7, 11) is 1.50. The summed E-state index contributed by atoms with van der Waals surface area (Å²) in [6.07, 6.45) is 0. The Kier molecular flexibility index (Phi) is 3.47. The molecule has 0 N–H and O–H groups in total. The highest BCUT2D eigenvalue weighted by atomic mass is 35.5. The third-order valence-electron chi connectivity index (χ3n) is 3.94. The van der Waals surface area contributed by atoms with Crippen molar-refractivity contribution in [2.45, 2.75) is 18.6 Å². The van der Waals surface area contributed by atoms with Crippen LogP contribution < -0.4 is 4.74 Å². The highest BCUT2D eigenvalue weighted by molar-refractivity contribution is 6.30. The maximum absolute atomic E-state index is 12.9. The molecule has 108 valence electrons. The zero-order chi connectivity index (χ0) is 15.0. The maximum Gasteiger partial charge on any atom is 0.281 e. The first-order chi connectivity index (χ1) is 10.1. The number of fused-ring (bicyclic) bond motifs is 1. The van der Waals surface area contributed by atoms with Gasteiger partial charge in [0.15, 0.2) is 0 Å². The summed E-state index contributed by atoms with van der Waals surface area (Å²) in [5.74, 6) is -1.03. The molecule has 2 unspecified atom stereocenters. The number of Topliss-reactive ketones (excluding diaryl/α,β-unsaturated/α-hetero) is 1. The molecule has 3 rings (SSSR count). The van der Waals surface area contributed by atoms with Crippen molar-refractivity contribution in [1.82, 2.24) is 0 Å². The minimum Gasteiger partial charge on any atom is -0.453 e. The van der Waals surface area contributed by atoms with E-state index in [0.717, 1.165) is 5.56 Å². The Balaban J connectivity index is 2.03. The summed E-state index contributed by atoms with van der Waals surface area (Å²) in [6.45, 7) is 1.93. The van der Waals surface area contributed by atoms with Crippen molar-refractivity contribution in [1.29, 1.82) is 0 Å². The van der Waals surface area contributed by atoms with Crippen molar-refractivity contribution in [3.05, 3.63) is 64.7 Å². The topological polar surface area (TPSA) is 35.5 Å². The maximum atomic E-state index is 12.9. The zero-order valence-corrected chi connectivity index (χ0v) is 12.6. The Bertz CT molecular complexity index is 681. The molecule has 0 saturated carbocycles. The number of carbonyl (C=O) groups is 1. The molecule has 0 aliphatic carbocycles. The van der Waals surface area contributed by atoms with Crippen LogP contribution in [0.3, 0.4) is 0 Å². The van der Waals surface area contributed by atoms with E-state index in [-0.39, 0.29) is 11.7 Å². The Hall–Kier alpha value is -1.84. The van der Waals surface area contributed by atoms with E-state index in [1.807, 2.05) is 31.2 Å². The molecule has 3 nitrogen and oxygen atoms in total. The standard InChI is InChI=1S/C17H15ClO3/c1-11-14-5-3-4-6-15(14)21-17(11,20-2)16(19)12-7-9-13(18)10-8-12/h3-11H,1-2H3. The van der Waals surface area contributed by atoms with Gasteiger partial charge in [-0.1, -0.05) is 36.7 Å². The van der Waals surface area contributed by atoms with Gasteiger partial charge in [-0.3, -0.25) is 4.79 Å². The smallest absolute Gasteiger partial charge is 0.281 e. The van der Waals surface area contributed by atoms with E-state index in [1.165, 1.54) is 7.11 Å². The van der Waals surface area contributed by atoms with Crippen LogP contribution in [-0.2, 0) is 4.74 Å². The molecule has 1 aliphatic rings. The second kappa shape index (κ2) is 5.17. The predicted molar refractivity (Wildman–Crippen MR) is 81.0 cm³/mol. The number of ether oxygens (including phenoxy) is 2. The molecule has 21 heavy (non-hydrogen) atoms. The van der Waals surface area contributed by atoms with Crippen LogP contribution in [-0.4, -0.2) is 18.7 Å². The summed E-state index contributed by atoms with van der Waals surface area (Å²) in [5, 5.41) is 0.585. The third-order valence-corrected chi connectivity index (χ3v) is 4.20. The Labute approximate surface area is 128 Å². The number of benzene rings is 2. The molecule has 0 bridgehead atoms. The highest BCUT2D eigenvalue weighted by Gasteiger charge is 2.52. The van der Waals surface area contributed by atoms with Crippen LogP contribution in [0.2, 0.25) is 5.02 Å². The van der Waals surface area contributed by atoms with Gasteiger partial charge >= 0.3 is 0 Å². The van der Waals surface area contributed by atoms with Crippen LogP contribution in [0, 0.1) is 0 Å². The van der Waals surface area contributed by atoms with Gasteiger partial charge in [0.1, 0.15) is 5.75 Å². The van der Waals surface area contributed by atoms with Crippen molar-refractivity contribution in [3.8, 4) is 5.75 Å². The zero-order valence-electron chi connectivity index (χ0n) is 11.8. The lowest BCUT2D eigenvalue weighted by atomic mass is 9.89. The summed E-state index contributed by atoms with van der Waals surface area (Å²) < 4.78 is 11.4. The molecule has 0 spiro atoms. The minimum absolute atomic E-state index is 0.193. The van der Waals surface area contributed by atoms with Crippen LogP contribution in [0.4, 0.5) is 0 Å². The summed E-state index contributed by atoms with van der Waals surface area (Å²) in [6, 6.07) is 14.4. The van der Waals surface area contributed by atoms with Gasteiger partial charge in [-0.05, 0) is 30.3 Å². The van der Waals surface area contributed by atoms with E-state index in [4.69, 9.17) is 21.1 Å². The third kappa shape index (κ3) is 2.13. The van der Waals surface area contributed by atoms with Crippen molar-refractivity contribution >= 4 is 17.4 Å². The lowest BCUT2D eigenvalue weighted by molar-refractivity contribution is -0.126. The quantitative estimate of drug-likeness (QED) is 0.802. The van der Waals surface area contributed by atoms with Crippen molar-refractivity contribution < 1.29 is 14.3 Å². The molecule has 4 heteroatoms. The molecule has 0 amide bonds. The molecule has 0 saturated heterocycles. The van der Waals surface area contributed by atoms with E-state index >= 15 is 0 Å². The number of carbonyl (C=O) groups excluding carboxylic acids is 1. The first kappa shape index (κ1) is 14.1.